The Morgan fingerprint density at radius 3 is 2.45 bits per heavy atom. The van der Waals surface area contributed by atoms with Crippen LogP contribution >= 0.6 is 0 Å². The van der Waals surface area contributed by atoms with Gasteiger partial charge in [-0.1, -0.05) is 25.2 Å². The highest BCUT2D eigenvalue weighted by Gasteiger charge is 1.88. The van der Waals surface area contributed by atoms with E-state index in [-0.39, 0.29) is 6.67 Å². The first-order chi connectivity index (χ1) is 5.35. The fourth-order valence-electron chi connectivity index (χ4n) is 0.687. The minimum atomic E-state index is -0.440. The molecule has 0 spiro atoms. The molecule has 0 amide bonds. The van der Waals surface area contributed by atoms with E-state index in [1.807, 2.05) is 6.92 Å². The summed E-state index contributed by atoms with van der Waals surface area (Å²) in [6.07, 6.45) is 6.30. The molecule has 0 atom stereocenters. The highest BCUT2D eigenvalue weighted by Crippen LogP contribution is 2.02. The summed E-state index contributed by atoms with van der Waals surface area (Å²) in [5, 5.41) is 0. The molecule has 0 aromatic carbocycles. The smallest absolute Gasteiger partial charge is 0.111 e. The molecule has 0 saturated carbocycles. The molecular formula is C9H14F2. The number of hydrogen-bond donors (Lipinski definition) is 0. The van der Waals surface area contributed by atoms with Crippen LogP contribution in [0.15, 0.2) is 23.8 Å². The molecule has 0 fully saturated rings. The van der Waals surface area contributed by atoms with Crippen molar-refractivity contribution in [1.29, 1.82) is 0 Å². The molecule has 0 aliphatic heterocycles. The topological polar surface area (TPSA) is 0 Å². The van der Waals surface area contributed by atoms with Crippen molar-refractivity contribution >= 4 is 0 Å². The second-order valence-electron chi connectivity index (χ2n) is 2.21. The first-order valence-electron chi connectivity index (χ1n) is 3.80. The Labute approximate surface area is 66.6 Å². The largest absolute Gasteiger partial charge is 0.247 e. The molecule has 0 N–H and O–H groups in total. The highest BCUT2D eigenvalue weighted by molar-refractivity contribution is 5.04. The number of allylic oxidation sites excluding steroid dienone is 4. The van der Waals surface area contributed by atoms with E-state index in [4.69, 9.17) is 0 Å². The second kappa shape index (κ2) is 7.45. The van der Waals surface area contributed by atoms with Crippen molar-refractivity contribution in [3.63, 3.8) is 0 Å². The van der Waals surface area contributed by atoms with Gasteiger partial charge in [-0.25, -0.2) is 8.78 Å². The van der Waals surface area contributed by atoms with Gasteiger partial charge in [-0.2, -0.15) is 0 Å². The van der Waals surface area contributed by atoms with Crippen LogP contribution in [-0.4, -0.2) is 13.3 Å². The van der Waals surface area contributed by atoms with Gasteiger partial charge in [0, 0.05) is 0 Å². The summed E-state index contributed by atoms with van der Waals surface area (Å²) in [6, 6.07) is 0. The lowest BCUT2D eigenvalue weighted by atomic mass is 10.2. The molecule has 0 aromatic heterocycles. The molecule has 0 rings (SSSR count). The molecule has 0 aromatic rings. The van der Waals surface area contributed by atoms with Gasteiger partial charge in [0.1, 0.15) is 13.3 Å². The SMILES string of the molecule is CC/C(=C\C/C=C\CF)CF. The summed E-state index contributed by atoms with van der Waals surface area (Å²) in [7, 11) is 0. The van der Waals surface area contributed by atoms with Crippen LogP contribution in [0.25, 0.3) is 0 Å². The summed E-state index contributed by atoms with van der Waals surface area (Å²) in [4.78, 5) is 0. The third-order valence-electron chi connectivity index (χ3n) is 1.42. The summed E-state index contributed by atoms with van der Waals surface area (Å²) in [5.41, 5.74) is 0.786. The molecular weight excluding hydrogens is 146 g/mol. The standard InChI is InChI=1S/C9H14F2/c1-2-9(8-11)6-4-3-5-7-10/h3,5-6H,2,4,7-8H2,1H3/b5-3-,9-6+. The average molecular weight is 160 g/mol. The van der Waals surface area contributed by atoms with E-state index in [1.165, 1.54) is 6.08 Å². The molecule has 64 valence electrons. The minimum Gasteiger partial charge on any atom is -0.247 e. The van der Waals surface area contributed by atoms with Gasteiger partial charge in [-0.15, -0.1) is 0 Å². The Balaban J connectivity index is 3.61. The quantitative estimate of drug-likeness (QED) is 0.542. The molecule has 0 heterocycles. The Bertz CT molecular complexity index is 130. The van der Waals surface area contributed by atoms with Crippen LogP contribution in [0.1, 0.15) is 19.8 Å². The minimum absolute atomic E-state index is 0.389. The maximum absolute atomic E-state index is 12.0. The number of halogens is 2. The first-order valence-corrected chi connectivity index (χ1v) is 3.80. The summed E-state index contributed by atoms with van der Waals surface area (Å²) in [6.45, 7) is 1.08. The van der Waals surface area contributed by atoms with Crippen molar-refractivity contribution in [2.24, 2.45) is 0 Å². The van der Waals surface area contributed by atoms with E-state index in [9.17, 15) is 8.78 Å². The summed E-state index contributed by atoms with van der Waals surface area (Å²) in [5.74, 6) is 0. The molecule has 0 aliphatic rings. The molecule has 0 bridgehead atoms. The van der Waals surface area contributed by atoms with Crippen LogP contribution in [0.2, 0.25) is 0 Å². The molecule has 0 aliphatic carbocycles. The monoisotopic (exact) mass is 160 g/mol. The third kappa shape index (κ3) is 5.77. The second-order valence-corrected chi connectivity index (χ2v) is 2.21. The average Bonchev–Trinajstić information content (AvgIpc) is 2.05. The van der Waals surface area contributed by atoms with Gasteiger partial charge >= 0.3 is 0 Å². The van der Waals surface area contributed by atoms with Crippen molar-refractivity contribution in [3.8, 4) is 0 Å². The molecule has 11 heavy (non-hydrogen) atoms. The van der Waals surface area contributed by atoms with Gasteiger partial charge < -0.3 is 0 Å². The maximum atomic E-state index is 12.0. The molecule has 0 radical (unpaired) electrons. The zero-order valence-electron chi connectivity index (χ0n) is 6.82. The first kappa shape index (κ1) is 10.3. The molecule has 0 nitrogen and oxygen atoms in total. The van der Waals surface area contributed by atoms with Crippen LogP contribution in [-0.2, 0) is 0 Å². The lowest BCUT2D eigenvalue weighted by Crippen LogP contribution is -1.81. The normalized spacial score (nSPS) is 12.8. The molecule has 0 saturated heterocycles. The van der Waals surface area contributed by atoms with E-state index in [0.717, 1.165) is 12.0 Å². The highest BCUT2D eigenvalue weighted by atomic mass is 19.1. The van der Waals surface area contributed by atoms with Gasteiger partial charge in [0.05, 0.1) is 0 Å². The maximum Gasteiger partial charge on any atom is 0.111 e. The number of rotatable bonds is 5. The van der Waals surface area contributed by atoms with Crippen LogP contribution in [0, 0.1) is 0 Å². The lowest BCUT2D eigenvalue weighted by Gasteiger charge is -1.94. The number of hydrogen-bond acceptors (Lipinski definition) is 0. The fraction of sp³-hybridized carbons (Fsp3) is 0.556. The molecule has 2 heteroatoms. The van der Waals surface area contributed by atoms with Crippen molar-refractivity contribution in [1.82, 2.24) is 0 Å². The number of alkyl halides is 2. The third-order valence-corrected chi connectivity index (χ3v) is 1.42. The van der Waals surface area contributed by atoms with E-state index < -0.39 is 6.67 Å². The van der Waals surface area contributed by atoms with Crippen molar-refractivity contribution in [2.45, 2.75) is 19.8 Å². The van der Waals surface area contributed by atoms with Crippen molar-refractivity contribution in [2.75, 3.05) is 13.3 Å². The van der Waals surface area contributed by atoms with Gasteiger partial charge in [0.25, 0.3) is 0 Å². The van der Waals surface area contributed by atoms with Crippen LogP contribution in [0.4, 0.5) is 8.78 Å². The summed E-state index contributed by atoms with van der Waals surface area (Å²) < 4.78 is 23.5. The zero-order valence-corrected chi connectivity index (χ0v) is 6.82. The van der Waals surface area contributed by atoms with E-state index in [0.29, 0.717) is 6.42 Å². The van der Waals surface area contributed by atoms with Crippen LogP contribution in [0.5, 0.6) is 0 Å². The van der Waals surface area contributed by atoms with Gasteiger partial charge in [-0.3, -0.25) is 0 Å². The predicted molar refractivity (Wildman–Crippen MR) is 44.1 cm³/mol. The summed E-state index contributed by atoms with van der Waals surface area (Å²) >= 11 is 0. The van der Waals surface area contributed by atoms with E-state index in [1.54, 1.807) is 12.2 Å². The predicted octanol–water partition coefficient (Wildman–Crippen LogP) is 3.21. The van der Waals surface area contributed by atoms with E-state index in [2.05, 4.69) is 0 Å². The Kier molecular flexibility index (Phi) is 7.00. The zero-order chi connectivity index (χ0) is 8.53. The van der Waals surface area contributed by atoms with Crippen molar-refractivity contribution < 1.29 is 8.78 Å². The lowest BCUT2D eigenvalue weighted by molar-refractivity contribution is 0.534. The Hall–Kier alpha value is -0.660. The van der Waals surface area contributed by atoms with Crippen LogP contribution in [0.3, 0.4) is 0 Å². The molecule has 0 unspecified atom stereocenters. The Morgan fingerprint density at radius 2 is 2.00 bits per heavy atom. The van der Waals surface area contributed by atoms with Gasteiger partial charge in [0.2, 0.25) is 0 Å². The van der Waals surface area contributed by atoms with Gasteiger partial charge in [0.15, 0.2) is 0 Å². The van der Waals surface area contributed by atoms with E-state index >= 15 is 0 Å². The van der Waals surface area contributed by atoms with Crippen molar-refractivity contribution in [3.05, 3.63) is 23.8 Å². The van der Waals surface area contributed by atoms with Crippen LogP contribution < -0.4 is 0 Å². The van der Waals surface area contributed by atoms with Gasteiger partial charge in [-0.05, 0) is 18.4 Å². The fourth-order valence-corrected chi connectivity index (χ4v) is 0.687. The Morgan fingerprint density at radius 1 is 1.27 bits per heavy atom.